The van der Waals surface area contributed by atoms with E-state index in [2.05, 4.69) is 17.3 Å². The third-order valence-electron chi connectivity index (χ3n) is 4.03. The molecule has 3 rings (SSSR count). The van der Waals surface area contributed by atoms with Crippen molar-refractivity contribution in [2.45, 2.75) is 26.8 Å². The summed E-state index contributed by atoms with van der Waals surface area (Å²) < 4.78 is 7.19. The van der Waals surface area contributed by atoms with Gasteiger partial charge in [-0.1, -0.05) is 17.7 Å². The number of aryl methyl sites for hydroxylation is 2. The number of anilines is 1. The van der Waals surface area contributed by atoms with Gasteiger partial charge >= 0.3 is 6.03 Å². The lowest BCUT2D eigenvalue weighted by Gasteiger charge is -2.32. The maximum Gasteiger partial charge on any atom is 0.323 e. The molecule has 1 aromatic heterocycles. The van der Waals surface area contributed by atoms with Crippen molar-refractivity contribution in [2.75, 3.05) is 25.1 Å². The lowest BCUT2D eigenvalue weighted by atomic mass is 10.2. The first-order valence-electron chi connectivity index (χ1n) is 7.83. The molecule has 2 amide bonds. The molecule has 6 heteroatoms. The first-order valence-corrected chi connectivity index (χ1v) is 7.83. The smallest absolute Gasteiger partial charge is 0.323 e. The van der Waals surface area contributed by atoms with Crippen molar-refractivity contribution in [1.29, 1.82) is 0 Å². The normalized spacial score (nSPS) is 18.0. The van der Waals surface area contributed by atoms with Crippen LogP contribution < -0.4 is 5.32 Å². The molecule has 0 radical (unpaired) electrons. The van der Waals surface area contributed by atoms with E-state index in [1.54, 1.807) is 4.90 Å². The van der Waals surface area contributed by atoms with E-state index in [0.29, 0.717) is 25.6 Å². The minimum atomic E-state index is -0.130. The van der Waals surface area contributed by atoms with Crippen molar-refractivity contribution in [3.63, 3.8) is 0 Å². The molecule has 1 N–H and O–H groups in total. The van der Waals surface area contributed by atoms with Gasteiger partial charge in [0.05, 0.1) is 24.9 Å². The van der Waals surface area contributed by atoms with Crippen LogP contribution in [-0.2, 0) is 4.74 Å². The predicted octanol–water partition coefficient (Wildman–Crippen LogP) is 2.74. The molecule has 2 heterocycles. The lowest BCUT2D eigenvalue weighted by Crippen LogP contribution is -2.48. The Morgan fingerprint density at radius 1 is 1.30 bits per heavy atom. The average molecular weight is 314 g/mol. The van der Waals surface area contributed by atoms with Crippen molar-refractivity contribution in [3.05, 3.63) is 41.6 Å². The minimum Gasteiger partial charge on any atom is -0.377 e. The standard InChI is InChI=1S/C17H22N4O2/c1-12-4-6-15(7-5-12)21-13(2)10-16(19-21)18-17(22)20-8-9-23-11-14(20)3/h4-7,10,14H,8-9,11H2,1-3H3,(H,18,19,22). The topological polar surface area (TPSA) is 59.4 Å². The van der Waals surface area contributed by atoms with Crippen molar-refractivity contribution in [2.24, 2.45) is 0 Å². The van der Waals surface area contributed by atoms with Gasteiger partial charge in [-0.2, -0.15) is 0 Å². The highest BCUT2D eigenvalue weighted by molar-refractivity contribution is 5.88. The summed E-state index contributed by atoms with van der Waals surface area (Å²) >= 11 is 0. The van der Waals surface area contributed by atoms with Crippen LogP contribution in [-0.4, -0.2) is 46.5 Å². The fourth-order valence-electron chi connectivity index (χ4n) is 2.69. The highest BCUT2D eigenvalue weighted by Gasteiger charge is 2.24. The Morgan fingerprint density at radius 3 is 2.74 bits per heavy atom. The first kappa shape index (κ1) is 15.6. The van der Waals surface area contributed by atoms with Gasteiger partial charge in [0.2, 0.25) is 0 Å². The summed E-state index contributed by atoms with van der Waals surface area (Å²) in [6.07, 6.45) is 0. The van der Waals surface area contributed by atoms with E-state index in [1.165, 1.54) is 5.56 Å². The zero-order valence-corrected chi connectivity index (χ0v) is 13.7. The molecule has 1 saturated heterocycles. The number of rotatable bonds is 2. The highest BCUT2D eigenvalue weighted by atomic mass is 16.5. The largest absolute Gasteiger partial charge is 0.377 e. The molecule has 0 spiro atoms. The van der Waals surface area contributed by atoms with Gasteiger partial charge in [-0.25, -0.2) is 9.48 Å². The molecule has 1 aromatic carbocycles. The maximum absolute atomic E-state index is 12.4. The van der Waals surface area contributed by atoms with Gasteiger partial charge in [0, 0.05) is 18.3 Å². The number of urea groups is 1. The number of hydrogen-bond donors (Lipinski definition) is 1. The van der Waals surface area contributed by atoms with Gasteiger partial charge < -0.3 is 9.64 Å². The summed E-state index contributed by atoms with van der Waals surface area (Å²) in [7, 11) is 0. The van der Waals surface area contributed by atoms with E-state index in [1.807, 2.05) is 48.9 Å². The Morgan fingerprint density at radius 2 is 2.04 bits per heavy atom. The number of ether oxygens (including phenoxy) is 1. The number of carbonyl (C=O) groups is 1. The summed E-state index contributed by atoms with van der Waals surface area (Å²) in [5.41, 5.74) is 3.15. The summed E-state index contributed by atoms with van der Waals surface area (Å²) in [5, 5.41) is 7.38. The predicted molar refractivity (Wildman–Crippen MR) is 89.0 cm³/mol. The minimum absolute atomic E-state index is 0.0732. The van der Waals surface area contributed by atoms with Crippen LogP contribution in [0.5, 0.6) is 0 Å². The lowest BCUT2D eigenvalue weighted by molar-refractivity contribution is 0.0221. The number of hydrogen-bond acceptors (Lipinski definition) is 3. The summed E-state index contributed by atoms with van der Waals surface area (Å²) in [6.45, 7) is 7.76. The number of carbonyl (C=O) groups excluding carboxylic acids is 1. The number of aromatic nitrogens is 2. The monoisotopic (exact) mass is 314 g/mol. The number of nitrogens with one attached hydrogen (secondary N) is 1. The van der Waals surface area contributed by atoms with Gasteiger partial charge in [0.25, 0.3) is 0 Å². The second-order valence-corrected chi connectivity index (χ2v) is 5.97. The maximum atomic E-state index is 12.4. The van der Waals surface area contributed by atoms with E-state index in [0.717, 1.165) is 11.4 Å². The molecule has 0 saturated carbocycles. The van der Waals surface area contributed by atoms with Gasteiger partial charge in [0.15, 0.2) is 5.82 Å². The molecule has 1 aliphatic rings. The average Bonchev–Trinajstić information content (AvgIpc) is 2.89. The summed E-state index contributed by atoms with van der Waals surface area (Å²) in [4.78, 5) is 14.2. The molecule has 122 valence electrons. The zero-order valence-electron chi connectivity index (χ0n) is 13.7. The Kier molecular flexibility index (Phi) is 4.34. The van der Waals surface area contributed by atoms with Crippen LogP contribution in [0.2, 0.25) is 0 Å². The van der Waals surface area contributed by atoms with E-state index >= 15 is 0 Å². The highest BCUT2D eigenvalue weighted by Crippen LogP contribution is 2.17. The molecule has 1 fully saturated rings. The van der Waals surface area contributed by atoms with Crippen LogP contribution in [0.3, 0.4) is 0 Å². The molecule has 1 atom stereocenters. The zero-order chi connectivity index (χ0) is 16.4. The van der Waals surface area contributed by atoms with Crippen LogP contribution in [0.1, 0.15) is 18.2 Å². The van der Waals surface area contributed by atoms with E-state index in [-0.39, 0.29) is 12.1 Å². The fraction of sp³-hybridized carbons (Fsp3) is 0.412. The third kappa shape index (κ3) is 3.37. The first-order chi connectivity index (χ1) is 11.0. The Bertz CT molecular complexity index is 693. The van der Waals surface area contributed by atoms with E-state index in [9.17, 15) is 4.79 Å². The number of benzene rings is 1. The molecule has 2 aromatic rings. The Balaban J connectivity index is 1.75. The Hall–Kier alpha value is -2.34. The van der Waals surface area contributed by atoms with Crippen molar-refractivity contribution in [3.8, 4) is 5.69 Å². The molecular weight excluding hydrogens is 292 g/mol. The van der Waals surface area contributed by atoms with E-state index < -0.39 is 0 Å². The van der Waals surface area contributed by atoms with E-state index in [4.69, 9.17) is 4.74 Å². The summed E-state index contributed by atoms with van der Waals surface area (Å²) in [5.74, 6) is 0.562. The second kappa shape index (κ2) is 6.42. The van der Waals surface area contributed by atoms with Crippen LogP contribution in [0.4, 0.5) is 10.6 Å². The quantitative estimate of drug-likeness (QED) is 0.927. The number of amides is 2. The number of nitrogens with zero attached hydrogens (tertiary/aromatic N) is 3. The van der Waals surface area contributed by atoms with Crippen molar-refractivity contribution in [1.82, 2.24) is 14.7 Å². The Labute approximate surface area is 136 Å². The second-order valence-electron chi connectivity index (χ2n) is 5.97. The fourth-order valence-corrected chi connectivity index (χ4v) is 2.69. The van der Waals surface area contributed by atoms with Crippen LogP contribution in [0.15, 0.2) is 30.3 Å². The number of morpholine rings is 1. The van der Waals surface area contributed by atoms with Gasteiger partial charge in [-0.15, -0.1) is 5.10 Å². The molecular formula is C17H22N4O2. The third-order valence-corrected chi connectivity index (χ3v) is 4.03. The summed E-state index contributed by atoms with van der Waals surface area (Å²) in [6, 6.07) is 9.95. The molecule has 23 heavy (non-hydrogen) atoms. The van der Waals surface area contributed by atoms with Gasteiger partial charge in [-0.3, -0.25) is 5.32 Å². The van der Waals surface area contributed by atoms with Crippen LogP contribution in [0, 0.1) is 13.8 Å². The molecule has 0 aliphatic carbocycles. The molecule has 0 bridgehead atoms. The van der Waals surface area contributed by atoms with Gasteiger partial charge in [0.1, 0.15) is 0 Å². The SMILES string of the molecule is Cc1ccc(-n2nc(NC(=O)N3CCOCC3C)cc2C)cc1. The van der Waals surface area contributed by atoms with Gasteiger partial charge in [-0.05, 0) is 32.9 Å². The van der Waals surface area contributed by atoms with Crippen molar-refractivity contribution < 1.29 is 9.53 Å². The van der Waals surface area contributed by atoms with Crippen LogP contribution >= 0.6 is 0 Å². The van der Waals surface area contributed by atoms with Crippen LogP contribution in [0.25, 0.3) is 5.69 Å². The molecule has 1 unspecified atom stereocenters. The molecule has 6 nitrogen and oxygen atoms in total. The van der Waals surface area contributed by atoms with Crippen molar-refractivity contribution >= 4 is 11.8 Å². The molecule has 1 aliphatic heterocycles.